The Balaban J connectivity index is 0. The summed E-state index contributed by atoms with van der Waals surface area (Å²) in [6.45, 7) is 3.65. The summed E-state index contributed by atoms with van der Waals surface area (Å²) in [6, 6.07) is 14.2. The Kier molecular flexibility index (Phi) is 14.7. The van der Waals surface area contributed by atoms with Crippen LogP contribution in [0.25, 0.3) is 0 Å². The van der Waals surface area contributed by atoms with Crippen molar-refractivity contribution in [2.75, 3.05) is 10.6 Å². The summed E-state index contributed by atoms with van der Waals surface area (Å²) in [5, 5.41) is 24.6. The third kappa shape index (κ3) is 14.5. The Labute approximate surface area is 179 Å². The van der Waals surface area contributed by atoms with Crippen molar-refractivity contribution in [3.8, 4) is 0 Å². The summed E-state index contributed by atoms with van der Waals surface area (Å²) >= 11 is 8.26. The first-order chi connectivity index (χ1) is 12.1. The standard InChI is InChI=1S/2C8H9NO2.CH3NS2.Cu/c2*1-6-4-2-3-5-7(6)9-8(10)11;2-1(3)4;/h2*2-5,9H,1H3,(H,10,11);(H3,2,3,4);/q;;;+3/p-3. The van der Waals surface area contributed by atoms with E-state index in [1.165, 1.54) is 0 Å². The van der Waals surface area contributed by atoms with Crippen molar-refractivity contribution in [2.24, 2.45) is 5.73 Å². The Morgan fingerprint density at radius 3 is 1.37 bits per heavy atom. The number of carbonyl (C=O) groups excluding carboxylic acids is 2. The first-order valence-electron chi connectivity index (χ1n) is 7.17. The quantitative estimate of drug-likeness (QED) is 0.353. The van der Waals surface area contributed by atoms with Gasteiger partial charge >= 0.3 is 17.1 Å². The molecule has 0 unspecified atom stereocenters. The fourth-order valence-corrected chi connectivity index (χ4v) is 1.65. The first kappa shape index (κ1) is 26.8. The van der Waals surface area contributed by atoms with E-state index >= 15 is 0 Å². The van der Waals surface area contributed by atoms with Crippen LogP contribution in [0.15, 0.2) is 48.5 Å². The Morgan fingerprint density at radius 2 is 1.15 bits per heavy atom. The van der Waals surface area contributed by atoms with Crippen LogP contribution in [0.5, 0.6) is 0 Å². The largest absolute Gasteiger partial charge is 3.00 e. The van der Waals surface area contributed by atoms with Gasteiger partial charge < -0.3 is 61.0 Å². The molecule has 0 aromatic heterocycles. The van der Waals surface area contributed by atoms with E-state index in [4.69, 9.17) is 0 Å². The van der Waals surface area contributed by atoms with Crippen LogP contribution in [-0.2, 0) is 29.7 Å². The zero-order chi connectivity index (χ0) is 20.1. The molecule has 4 N–H and O–H groups in total. The molecular weight excluding hydrogens is 438 g/mol. The van der Waals surface area contributed by atoms with Gasteiger partial charge in [-0.2, -0.15) is 0 Å². The Morgan fingerprint density at radius 1 is 0.889 bits per heavy atom. The van der Waals surface area contributed by atoms with Crippen molar-refractivity contribution in [3.05, 3.63) is 59.7 Å². The minimum absolute atomic E-state index is 0. The predicted molar refractivity (Wildman–Crippen MR) is 105 cm³/mol. The number of rotatable bonds is 2. The van der Waals surface area contributed by atoms with E-state index in [0.29, 0.717) is 11.4 Å². The number of amides is 2. The molecule has 0 atom stereocenters. The van der Waals surface area contributed by atoms with E-state index in [1.54, 1.807) is 24.3 Å². The van der Waals surface area contributed by atoms with Gasteiger partial charge in [0, 0.05) is 11.4 Å². The second-order valence-corrected chi connectivity index (χ2v) is 5.91. The van der Waals surface area contributed by atoms with Crippen LogP contribution >= 0.6 is 12.2 Å². The van der Waals surface area contributed by atoms with Crippen LogP contribution in [0.4, 0.5) is 21.0 Å². The summed E-state index contributed by atoms with van der Waals surface area (Å²) in [5.41, 5.74) is 7.58. The number of carbonyl (C=O) groups is 2. The summed E-state index contributed by atoms with van der Waals surface area (Å²) < 4.78 is 0.0833. The Hall–Kier alpha value is -2.39. The predicted octanol–water partition coefficient (Wildman–Crippen LogP) is 1.27. The van der Waals surface area contributed by atoms with Gasteiger partial charge in [-0.25, -0.2) is 0 Å². The number of hydrogen-bond acceptors (Lipinski definition) is 6. The average molecular weight is 456 g/mol. The van der Waals surface area contributed by atoms with Gasteiger partial charge in [0.15, 0.2) is 0 Å². The maximum absolute atomic E-state index is 10.1. The van der Waals surface area contributed by atoms with Gasteiger partial charge in [0.2, 0.25) is 0 Å². The van der Waals surface area contributed by atoms with E-state index in [0.717, 1.165) is 11.1 Å². The first-order valence-corrected chi connectivity index (χ1v) is 7.98. The van der Waals surface area contributed by atoms with E-state index in [1.807, 2.05) is 38.1 Å². The molecule has 0 saturated heterocycles. The molecule has 0 aliphatic rings. The molecule has 10 heteroatoms. The van der Waals surface area contributed by atoms with Crippen LogP contribution in [-0.4, -0.2) is 16.5 Å². The molecule has 2 rings (SSSR count). The fraction of sp³-hybridized carbons (Fsp3) is 0.118. The summed E-state index contributed by atoms with van der Waals surface area (Å²) in [5.74, 6) is 0. The van der Waals surface area contributed by atoms with Gasteiger partial charge in [-0.15, -0.1) is 0 Å². The number of nitrogens with one attached hydrogen (secondary N) is 2. The Bertz CT molecular complexity index is 699. The van der Waals surface area contributed by atoms with Crippen molar-refractivity contribution >= 4 is 52.7 Å². The van der Waals surface area contributed by atoms with Gasteiger partial charge in [0.1, 0.15) is 12.2 Å². The van der Waals surface area contributed by atoms with Gasteiger partial charge in [0.25, 0.3) is 0 Å². The van der Waals surface area contributed by atoms with E-state index in [-0.39, 0.29) is 21.4 Å². The zero-order valence-electron chi connectivity index (χ0n) is 14.4. The van der Waals surface area contributed by atoms with Crippen molar-refractivity contribution in [1.82, 2.24) is 0 Å². The number of benzene rings is 2. The number of para-hydroxylation sites is 2. The monoisotopic (exact) mass is 455 g/mol. The second kappa shape index (κ2) is 14.7. The SMILES string of the molecule is Cc1ccccc1NC(=O)[O-].Cc1ccccc1NC(=O)[O-].NC(=S)[S-].[Cu+3]. The molecule has 0 aliphatic carbocycles. The number of carboxylic acid groups (broad SMARTS) is 2. The van der Waals surface area contributed by atoms with E-state index in [2.05, 4.69) is 41.2 Å². The molecule has 0 bridgehead atoms. The molecule has 0 fully saturated rings. The minimum Gasteiger partial charge on any atom is -0.530 e. The maximum Gasteiger partial charge on any atom is 3.00 e. The van der Waals surface area contributed by atoms with E-state index < -0.39 is 12.2 Å². The number of anilines is 2. The smallest absolute Gasteiger partial charge is 0.530 e. The normalized spacial score (nSPS) is 8.37. The van der Waals surface area contributed by atoms with Gasteiger partial charge in [-0.05, 0) is 37.1 Å². The van der Waals surface area contributed by atoms with Crippen molar-refractivity contribution in [2.45, 2.75) is 13.8 Å². The minimum atomic E-state index is -1.28. The van der Waals surface area contributed by atoms with Gasteiger partial charge in [0.05, 0.1) is 0 Å². The van der Waals surface area contributed by atoms with Crippen molar-refractivity contribution in [1.29, 1.82) is 0 Å². The molecule has 0 heterocycles. The van der Waals surface area contributed by atoms with E-state index in [9.17, 15) is 19.8 Å². The number of nitrogens with two attached hydrogens (primary N) is 1. The van der Waals surface area contributed by atoms with Gasteiger partial charge in [-0.1, -0.05) is 40.7 Å². The topological polar surface area (TPSA) is 130 Å². The summed E-state index contributed by atoms with van der Waals surface area (Å²) in [7, 11) is 0. The summed E-state index contributed by atoms with van der Waals surface area (Å²) in [6.07, 6.45) is -2.56. The zero-order valence-corrected chi connectivity index (χ0v) is 17.0. The molecule has 2 aromatic rings. The second-order valence-electron chi connectivity index (χ2n) is 4.77. The van der Waals surface area contributed by atoms with Crippen LogP contribution < -0.4 is 26.6 Å². The fourth-order valence-electron chi connectivity index (χ4n) is 1.65. The van der Waals surface area contributed by atoms with Gasteiger partial charge in [-0.3, -0.25) is 0 Å². The molecular formula is C17H18CuN3O4S2. The van der Waals surface area contributed by atoms with Crippen LogP contribution in [0, 0.1) is 13.8 Å². The molecule has 0 saturated carbocycles. The maximum atomic E-state index is 10.1. The number of thiocarbonyl (C=S) groups is 1. The molecule has 7 nitrogen and oxygen atoms in total. The van der Waals surface area contributed by atoms with Crippen LogP contribution in [0.3, 0.4) is 0 Å². The molecule has 0 aliphatic heterocycles. The van der Waals surface area contributed by atoms with Crippen molar-refractivity contribution in [3.63, 3.8) is 0 Å². The van der Waals surface area contributed by atoms with Crippen LogP contribution in [0.1, 0.15) is 11.1 Å². The molecule has 0 radical (unpaired) electrons. The number of aryl methyl sites for hydroxylation is 2. The molecule has 2 aromatic carbocycles. The third-order valence-electron chi connectivity index (χ3n) is 2.76. The molecule has 0 spiro atoms. The van der Waals surface area contributed by atoms with Crippen molar-refractivity contribution < 1.29 is 36.9 Å². The number of hydrogen-bond donors (Lipinski definition) is 3. The van der Waals surface area contributed by atoms with Crippen LogP contribution in [0.2, 0.25) is 0 Å². The molecule has 27 heavy (non-hydrogen) atoms. The third-order valence-corrected chi connectivity index (χ3v) is 2.76. The molecule has 2 amide bonds. The molecule has 148 valence electrons. The summed E-state index contributed by atoms with van der Waals surface area (Å²) in [4.78, 5) is 20.2. The average Bonchev–Trinajstić information content (AvgIpc) is 2.51.